The van der Waals surface area contributed by atoms with Gasteiger partial charge in [0.1, 0.15) is 5.82 Å². The first-order valence-corrected chi connectivity index (χ1v) is 7.10. The minimum absolute atomic E-state index is 0.165. The first-order chi connectivity index (χ1) is 9.69. The number of nitrogens with one attached hydrogen (secondary N) is 1. The van der Waals surface area contributed by atoms with Crippen molar-refractivity contribution in [2.45, 2.75) is 40.2 Å². The van der Waals surface area contributed by atoms with Gasteiger partial charge in [0.2, 0.25) is 5.91 Å². The standard InChI is InChI=1S/C17H24FNO2/c1-12(14-5-7-15(18)8-6-14)9-16(21)19-11-17(3,4)10-13(2)20/h5-9,13,20H,10-11H2,1-4H3,(H,19,21). The van der Waals surface area contributed by atoms with Crippen LogP contribution in [0.25, 0.3) is 5.57 Å². The predicted molar refractivity (Wildman–Crippen MR) is 83.1 cm³/mol. The number of aliphatic hydroxyl groups excluding tert-OH is 1. The highest BCUT2D eigenvalue weighted by Crippen LogP contribution is 2.21. The lowest BCUT2D eigenvalue weighted by molar-refractivity contribution is -0.117. The normalized spacial score (nSPS) is 13.9. The molecule has 1 aromatic carbocycles. The van der Waals surface area contributed by atoms with Gasteiger partial charge in [0, 0.05) is 12.6 Å². The van der Waals surface area contributed by atoms with Crippen LogP contribution in [-0.2, 0) is 4.79 Å². The molecule has 1 aromatic rings. The molecule has 0 heterocycles. The Morgan fingerprint density at radius 2 is 1.95 bits per heavy atom. The molecule has 0 aliphatic carbocycles. The van der Waals surface area contributed by atoms with E-state index >= 15 is 0 Å². The van der Waals surface area contributed by atoms with E-state index in [9.17, 15) is 14.3 Å². The van der Waals surface area contributed by atoms with Crippen molar-refractivity contribution in [2.24, 2.45) is 5.41 Å². The van der Waals surface area contributed by atoms with Crippen molar-refractivity contribution >= 4 is 11.5 Å². The van der Waals surface area contributed by atoms with Crippen molar-refractivity contribution in [2.75, 3.05) is 6.54 Å². The molecular weight excluding hydrogens is 269 g/mol. The van der Waals surface area contributed by atoms with Gasteiger partial charge in [0.05, 0.1) is 6.10 Å². The van der Waals surface area contributed by atoms with E-state index in [4.69, 9.17) is 0 Å². The topological polar surface area (TPSA) is 49.3 Å². The van der Waals surface area contributed by atoms with E-state index in [2.05, 4.69) is 5.32 Å². The van der Waals surface area contributed by atoms with E-state index in [1.807, 2.05) is 20.8 Å². The lowest BCUT2D eigenvalue weighted by Crippen LogP contribution is -2.35. The summed E-state index contributed by atoms with van der Waals surface area (Å²) in [4.78, 5) is 11.9. The zero-order chi connectivity index (χ0) is 16.0. The smallest absolute Gasteiger partial charge is 0.244 e. The largest absolute Gasteiger partial charge is 0.393 e. The molecule has 0 aromatic heterocycles. The molecule has 0 spiro atoms. The number of carbonyl (C=O) groups is 1. The molecule has 0 aliphatic heterocycles. The zero-order valence-corrected chi connectivity index (χ0v) is 13.1. The second-order valence-corrected chi connectivity index (χ2v) is 6.27. The van der Waals surface area contributed by atoms with Crippen molar-refractivity contribution < 1.29 is 14.3 Å². The number of allylic oxidation sites excluding steroid dienone is 1. The van der Waals surface area contributed by atoms with Crippen LogP contribution in [0.2, 0.25) is 0 Å². The maximum absolute atomic E-state index is 12.8. The third-order valence-electron chi connectivity index (χ3n) is 3.24. The molecule has 0 bridgehead atoms. The summed E-state index contributed by atoms with van der Waals surface area (Å²) in [7, 11) is 0. The van der Waals surface area contributed by atoms with Crippen LogP contribution in [0.3, 0.4) is 0 Å². The number of rotatable bonds is 6. The minimum Gasteiger partial charge on any atom is -0.393 e. The molecule has 0 saturated carbocycles. The van der Waals surface area contributed by atoms with Crippen LogP contribution in [0, 0.1) is 11.2 Å². The number of hydrogen-bond donors (Lipinski definition) is 2. The number of benzene rings is 1. The van der Waals surface area contributed by atoms with Crippen LogP contribution in [0.15, 0.2) is 30.3 Å². The van der Waals surface area contributed by atoms with E-state index in [1.54, 1.807) is 19.1 Å². The lowest BCUT2D eigenvalue weighted by Gasteiger charge is -2.26. The molecular formula is C17H24FNO2. The Labute approximate surface area is 125 Å². The van der Waals surface area contributed by atoms with Gasteiger partial charge in [-0.25, -0.2) is 4.39 Å². The Morgan fingerprint density at radius 1 is 1.38 bits per heavy atom. The molecule has 1 unspecified atom stereocenters. The van der Waals surface area contributed by atoms with E-state index < -0.39 is 6.10 Å². The quantitative estimate of drug-likeness (QED) is 0.792. The molecule has 4 heteroatoms. The molecule has 0 fully saturated rings. The zero-order valence-electron chi connectivity index (χ0n) is 13.1. The third-order valence-corrected chi connectivity index (χ3v) is 3.24. The molecule has 0 saturated heterocycles. The minimum atomic E-state index is -0.395. The van der Waals surface area contributed by atoms with Gasteiger partial charge in [-0.15, -0.1) is 0 Å². The van der Waals surface area contributed by atoms with Gasteiger partial charge in [0.15, 0.2) is 0 Å². The van der Waals surface area contributed by atoms with Crippen LogP contribution in [0.5, 0.6) is 0 Å². The molecule has 116 valence electrons. The first kappa shape index (κ1) is 17.4. The van der Waals surface area contributed by atoms with Crippen LogP contribution in [-0.4, -0.2) is 23.7 Å². The number of carbonyl (C=O) groups excluding carboxylic acids is 1. The Balaban J connectivity index is 2.60. The van der Waals surface area contributed by atoms with Crippen molar-refractivity contribution in [3.63, 3.8) is 0 Å². The van der Waals surface area contributed by atoms with Gasteiger partial charge in [-0.2, -0.15) is 0 Å². The highest BCUT2D eigenvalue weighted by molar-refractivity contribution is 5.94. The summed E-state index contributed by atoms with van der Waals surface area (Å²) in [6.07, 6.45) is 1.73. The van der Waals surface area contributed by atoms with E-state index in [-0.39, 0.29) is 17.1 Å². The van der Waals surface area contributed by atoms with Gasteiger partial charge < -0.3 is 10.4 Å². The summed E-state index contributed by atoms with van der Waals surface area (Å²) in [6, 6.07) is 6.03. The molecule has 3 nitrogen and oxygen atoms in total. The summed E-state index contributed by atoms with van der Waals surface area (Å²) in [5.41, 5.74) is 1.43. The Kier molecular flexibility index (Phi) is 6.09. The Hall–Kier alpha value is -1.68. The predicted octanol–water partition coefficient (Wildman–Crippen LogP) is 3.14. The summed E-state index contributed by atoms with van der Waals surface area (Å²) < 4.78 is 12.8. The number of halogens is 1. The summed E-state index contributed by atoms with van der Waals surface area (Å²) in [5.74, 6) is -0.480. The molecule has 0 radical (unpaired) electrons. The summed E-state index contributed by atoms with van der Waals surface area (Å²) in [6.45, 7) is 8.03. The van der Waals surface area contributed by atoms with Crippen molar-refractivity contribution in [3.8, 4) is 0 Å². The number of hydrogen-bond acceptors (Lipinski definition) is 2. The van der Waals surface area contributed by atoms with Crippen LogP contribution in [0.1, 0.15) is 39.7 Å². The van der Waals surface area contributed by atoms with E-state index in [0.717, 1.165) is 11.1 Å². The van der Waals surface area contributed by atoms with Crippen molar-refractivity contribution in [3.05, 3.63) is 41.7 Å². The SMILES string of the molecule is CC(=CC(=O)NCC(C)(C)CC(C)O)c1ccc(F)cc1. The maximum atomic E-state index is 12.8. The molecule has 0 aliphatic rings. The van der Waals surface area contributed by atoms with Crippen molar-refractivity contribution in [1.82, 2.24) is 5.32 Å². The molecule has 1 atom stereocenters. The fourth-order valence-corrected chi connectivity index (χ4v) is 2.24. The lowest BCUT2D eigenvalue weighted by atomic mass is 9.87. The Bertz CT molecular complexity index is 504. The maximum Gasteiger partial charge on any atom is 0.244 e. The van der Waals surface area contributed by atoms with E-state index in [1.165, 1.54) is 18.2 Å². The average molecular weight is 293 g/mol. The molecule has 2 N–H and O–H groups in total. The number of amides is 1. The highest BCUT2D eigenvalue weighted by atomic mass is 19.1. The second-order valence-electron chi connectivity index (χ2n) is 6.27. The highest BCUT2D eigenvalue weighted by Gasteiger charge is 2.20. The fraction of sp³-hybridized carbons (Fsp3) is 0.471. The Morgan fingerprint density at radius 3 is 2.48 bits per heavy atom. The first-order valence-electron chi connectivity index (χ1n) is 7.10. The second kappa shape index (κ2) is 7.36. The third kappa shape index (κ3) is 6.54. The van der Waals surface area contributed by atoms with Gasteiger partial charge >= 0.3 is 0 Å². The van der Waals surface area contributed by atoms with Crippen molar-refractivity contribution in [1.29, 1.82) is 0 Å². The summed E-state index contributed by atoms with van der Waals surface area (Å²) in [5, 5.41) is 12.3. The van der Waals surface area contributed by atoms with Crippen LogP contribution in [0.4, 0.5) is 4.39 Å². The molecule has 1 rings (SSSR count). The molecule has 1 amide bonds. The van der Waals surface area contributed by atoms with Crippen LogP contribution >= 0.6 is 0 Å². The fourth-order valence-electron chi connectivity index (χ4n) is 2.24. The van der Waals surface area contributed by atoms with Crippen LogP contribution < -0.4 is 5.32 Å². The monoisotopic (exact) mass is 293 g/mol. The van der Waals surface area contributed by atoms with E-state index in [0.29, 0.717) is 13.0 Å². The summed E-state index contributed by atoms with van der Waals surface area (Å²) >= 11 is 0. The van der Waals surface area contributed by atoms with Gasteiger partial charge in [-0.1, -0.05) is 26.0 Å². The number of aliphatic hydroxyl groups is 1. The average Bonchev–Trinajstić information content (AvgIpc) is 2.36. The van der Waals surface area contributed by atoms with Gasteiger partial charge in [0.25, 0.3) is 0 Å². The van der Waals surface area contributed by atoms with Gasteiger partial charge in [-0.3, -0.25) is 4.79 Å². The molecule has 21 heavy (non-hydrogen) atoms. The van der Waals surface area contributed by atoms with Gasteiger partial charge in [-0.05, 0) is 49.0 Å².